The Morgan fingerprint density at radius 2 is 1.10 bits per heavy atom. The van der Waals surface area contributed by atoms with E-state index in [-0.39, 0.29) is 31.9 Å². The van der Waals surface area contributed by atoms with Crippen LogP contribution in [-0.4, -0.2) is 36.4 Å². The molecule has 2 aliphatic rings. The number of furan rings is 2. The van der Waals surface area contributed by atoms with Crippen LogP contribution in [0, 0.1) is 20.8 Å². The van der Waals surface area contributed by atoms with E-state index in [4.69, 9.17) is 8.83 Å². The summed E-state index contributed by atoms with van der Waals surface area (Å²) in [4.78, 5) is 2.39. The molecule has 0 saturated heterocycles. The molecule has 2 saturated carbocycles. The summed E-state index contributed by atoms with van der Waals surface area (Å²) in [7, 11) is 3.13. The van der Waals surface area contributed by atoms with Crippen molar-refractivity contribution in [2.75, 3.05) is 14.1 Å². The predicted octanol–water partition coefficient (Wildman–Crippen LogP) is 8.38. The fourth-order valence-corrected chi connectivity index (χ4v) is 13.1. The molecule has 42 heavy (non-hydrogen) atoms. The number of rotatable bonds is 8. The summed E-state index contributed by atoms with van der Waals surface area (Å²) in [6.07, 6.45) is 13.6. The van der Waals surface area contributed by atoms with E-state index < -0.39 is 15.8 Å². The Kier molecular flexibility index (Phi) is 15.8. The van der Waals surface area contributed by atoms with Gasteiger partial charge < -0.3 is 28.6 Å². The maximum atomic E-state index is 6.12. The summed E-state index contributed by atoms with van der Waals surface area (Å²) in [6.45, 7) is 2.39. The third-order valence-electron chi connectivity index (χ3n) is 8.50. The molecule has 6 heteroatoms. The second-order valence-corrected chi connectivity index (χ2v) is 15.7. The molecule has 228 valence electrons. The topological polar surface area (TPSA) is 29.5 Å². The van der Waals surface area contributed by atoms with Gasteiger partial charge in [-0.05, 0) is 88.2 Å². The fourth-order valence-electron chi connectivity index (χ4n) is 6.35. The molecular weight excluding hydrogens is 596 g/mol. The van der Waals surface area contributed by atoms with Gasteiger partial charge in [0, 0.05) is 19.6 Å². The van der Waals surface area contributed by atoms with Gasteiger partial charge in [0.1, 0.15) is 11.0 Å². The van der Waals surface area contributed by atoms with Gasteiger partial charge in [0.05, 0.1) is 12.5 Å². The summed E-state index contributed by atoms with van der Waals surface area (Å²) in [5.74, 6) is 0.568. The summed E-state index contributed by atoms with van der Waals surface area (Å²) < 4.78 is 12.2. The number of nitrogens with zero attached hydrogens (tertiary/aromatic N) is 1. The van der Waals surface area contributed by atoms with Crippen LogP contribution in [0.4, 0.5) is 0 Å². The van der Waals surface area contributed by atoms with Gasteiger partial charge in [0.15, 0.2) is 0 Å². The summed E-state index contributed by atoms with van der Waals surface area (Å²) in [6, 6.07) is 31.2. The van der Waals surface area contributed by atoms with Crippen LogP contribution in [0.1, 0.15) is 51.9 Å². The molecule has 4 atom stereocenters. The third-order valence-corrected chi connectivity index (χ3v) is 14.5. The SMILES string of the molecule is C1CCCC1.C[C@H](C1CCC(P(c2ccccc2)c2ccccc2)C1P(c1ccco1)c1ccco1)N(C)C.[CH3-].[CH3-].[Fe+2]. The smallest absolute Gasteiger partial charge is 0.464 e. The normalized spacial score (nSPS) is 20.3. The zero-order valence-corrected chi connectivity index (χ0v) is 28.9. The van der Waals surface area contributed by atoms with E-state index in [0.29, 0.717) is 23.3 Å². The molecule has 6 rings (SSSR count). The van der Waals surface area contributed by atoms with Crippen molar-refractivity contribution in [3.05, 3.63) is 112 Å². The first-order valence-electron chi connectivity index (χ1n) is 14.6. The molecule has 0 radical (unpaired) electrons. The summed E-state index contributed by atoms with van der Waals surface area (Å²) in [5.41, 5.74) is 3.17. The van der Waals surface area contributed by atoms with Crippen molar-refractivity contribution in [3.8, 4) is 0 Å². The van der Waals surface area contributed by atoms with Crippen molar-refractivity contribution >= 4 is 37.5 Å². The van der Waals surface area contributed by atoms with Gasteiger partial charge in [0.25, 0.3) is 0 Å². The van der Waals surface area contributed by atoms with Crippen molar-refractivity contribution in [3.63, 3.8) is 0 Å². The minimum absolute atomic E-state index is 0. The van der Waals surface area contributed by atoms with Gasteiger partial charge >= 0.3 is 17.1 Å². The molecule has 4 aromatic rings. The van der Waals surface area contributed by atoms with Crippen LogP contribution in [0.15, 0.2) is 106 Å². The van der Waals surface area contributed by atoms with E-state index in [0.717, 1.165) is 11.0 Å². The summed E-state index contributed by atoms with van der Waals surface area (Å²) in [5, 5.41) is 2.93. The zero-order valence-electron chi connectivity index (χ0n) is 26.0. The van der Waals surface area contributed by atoms with E-state index in [9.17, 15) is 0 Å². The first-order chi connectivity index (χ1) is 19.1. The van der Waals surface area contributed by atoms with Crippen molar-refractivity contribution in [2.45, 2.75) is 69.2 Å². The second kappa shape index (κ2) is 18.2. The third kappa shape index (κ3) is 8.71. The zero-order chi connectivity index (χ0) is 27.0. The number of hydrogen-bond acceptors (Lipinski definition) is 3. The van der Waals surface area contributed by atoms with Crippen molar-refractivity contribution < 1.29 is 25.9 Å². The van der Waals surface area contributed by atoms with Crippen molar-refractivity contribution in [2.24, 2.45) is 5.92 Å². The quantitative estimate of drug-likeness (QED) is 0.110. The Morgan fingerprint density at radius 3 is 1.48 bits per heavy atom. The standard InChI is InChI=1S/C29H33NO2P2.C5H10.2CH3.Fe/c1-22(30(2)3)25-18-19-26(29(25)34(27-16-10-20-31-27)28-17-11-21-32-28)33(23-12-6-4-7-13-23)24-14-8-5-9-15-24;1-2-4-5-3-1;;;/h4-17,20-22,25-26,29H,18-19H2,1-3H3;1-5H2;2*1H3;/q;;2*-1;+2/t22-,25?,26?,29?;;;;/m1..../s1. The van der Waals surface area contributed by atoms with Crippen LogP contribution in [0.25, 0.3) is 0 Å². The van der Waals surface area contributed by atoms with Gasteiger partial charge in [-0.15, -0.1) is 0 Å². The van der Waals surface area contributed by atoms with E-state index in [1.165, 1.54) is 55.6 Å². The first kappa shape index (κ1) is 36.5. The van der Waals surface area contributed by atoms with Gasteiger partial charge in [-0.1, -0.05) is 92.8 Å². The fraction of sp³-hybridized carbons (Fsp3) is 0.389. The molecule has 3 unspecified atom stereocenters. The van der Waals surface area contributed by atoms with Crippen LogP contribution in [-0.2, 0) is 17.1 Å². The van der Waals surface area contributed by atoms with Crippen LogP contribution in [0.5, 0.6) is 0 Å². The van der Waals surface area contributed by atoms with E-state index in [1.807, 2.05) is 24.7 Å². The van der Waals surface area contributed by atoms with Crippen LogP contribution >= 0.6 is 15.8 Å². The largest absolute Gasteiger partial charge is 2.00 e. The molecular formula is C36H49FeNO2P2. The molecule has 2 aromatic heterocycles. The monoisotopic (exact) mass is 645 g/mol. The molecule has 0 amide bonds. The average Bonchev–Trinajstić information content (AvgIpc) is 3.80. The number of benzene rings is 2. The Labute approximate surface area is 268 Å². The minimum Gasteiger partial charge on any atom is -0.464 e. The van der Waals surface area contributed by atoms with Crippen molar-refractivity contribution in [1.29, 1.82) is 0 Å². The Balaban J connectivity index is 0.000000700. The average molecular weight is 646 g/mol. The molecule has 2 aromatic carbocycles. The second-order valence-electron chi connectivity index (χ2n) is 11.1. The van der Waals surface area contributed by atoms with Crippen LogP contribution < -0.4 is 21.6 Å². The maximum Gasteiger partial charge on any atom is 2.00 e. The van der Waals surface area contributed by atoms with Gasteiger partial charge in [-0.3, -0.25) is 0 Å². The molecule has 0 spiro atoms. The van der Waals surface area contributed by atoms with Crippen LogP contribution in [0.2, 0.25) is 0 Å². The Hall–Kier alpha value is -1.66. The van der Waals surface area contributed by atoms with Crippen molar-refractivity contribution in [1.82, 2.24) is 4.90 Å². The van der Waals surface area contributed by atoms with Gasteiger partial charge in [0.2, 0.25) is 0 Å². The van der Waals surface area contributed by atoms with Crippen LogP contribution in [0.3, 0.4) is 0 Å². The Bertz CT molecular complexity index is 1130. The predicted molar refractivity (Wildman–Crippen MR) is 182 cm³/mol. The van der Waals surface area contributed by atoms with E-state index >= 15 is 0 Å². The maximum absolute atomic E-state index is 6.12. The molecule has 0 aliphatic heterocycles. The molecule has 0 N–H and O–H groups in total. The molecule has 2 aliphatic carbocycles. The van der Waals surface area contributed by atoms with Gasteiger partial charge in [-0.2, -0.15) is 0 Å². The molecule has 2 heterocycles. The summed E-state index contributed by atoms with van der Waals surface area (Å²) >= 11 is 0. The van der Waals surface area contributed by atoms with Gasteiger partial charge in [-0.25, -0.2) is 0 Å². The van der Waals surface area contributed by atoms with E-state index in [2.05, 4.69) is 98.7 Å². The molecule has 0 bridgehead atoms. The number of hydrogen-bond donors (Lipinski definition) is 0. The van der Waals surface area contributed by atoms with E-state index in [1.54, 1.807) is 0 Å². The first-order valence-corrected chi connectivity index (χ1v) is 17.4. The Morgan fingerprint density at radius 1 is 0.643 bits per heavy atom. The molecule has 3 nitrogen and oxygen atoms in total. The molecule has 2 fully saturated rings. The minimum atomic E-state index is -0.771.